The van der Waals surface area contributed by atoms with Gasteiger partial charge in [-0.1, -0.05) is 12.6 Å². The van der Waals surface area contributed by atoms with Crippen LogP contribution < -0.4 is 0 Å². The second-order valence-corrected chi connectivity index (χ2v) is 5.59. The summed E-state index contributed by atoms with van der Waals surface area (Å²) in [5.74, 6) is -0.747. The second kappa shape index (κ2) is 6.09. The highest BCUT2D eigenvalue weighted by atomic mass is 32.1. The molecule has 1 rings (SSSR count). The van der Waals surface area contributed by atoms with Gasteiger partial charge in [0.2, 0.25) is 5.90 Å². The maximum absolute atomic E-state index is 12.0. The van der Waals surface area contributed by atoms with Crippen LogP contribution in [0.1, 0.15) is 42.3 Å². The van der Waals surface area contributed by atoms with Gasteiger partial charge < -0.3 is 9.47 Å². The average Bonchev–Trinajstić information content (AvgIpc) is 2.25. The summed E-state index contributed by atoms with van der Waals surface area (Å²) in [6.45, 7) is 7.09. The Balaban J connectivity index is 2.96. The van der Waals surface area contributed by atoms with Gasteiger partial charge in [-0.05, 0) is 51.5 Å². The molecule has 5 nitrogen and oxygen atoms in total. The van der Waals surface area contributed by atoms with Crippen molar-refractivity contribution in [3.8, 4) is 0 Å². The van der Waals surface area contributed by atoms with Crippen molar-refractivity contribution in [2.75, 3.05) is 0 Å². The Morgan fingerprint density at radius 2 is 1.85 bits per heavy atom. The van der Waals surface area contributed by atoms with Crippen molar-refractivity contribution in [1.82, 2.24) is 0 Å². The van der Waals surface area contributed by atoms with Crippen LogP contribution in [0.5, 0.6) is 0 Å². The van der Waals surface area contributed by atoms with Crippen LogP contribution in [-0.4, -0.2) is 22.8 Å². The second-order valence-electron chi connectivity index (χ2n) is 5.23. The van der Waals surface area contributed by atoms with Crippen LogP contribution >= 0.6 is 12.6 Å². The lowest BCUT2D eigenvalue weighted by Gasteiger charge is -2.20. The Morgan fingerprint density at radius 3 is 2.30 bits per heavy atom. The van der Waals surface area contributed by atoms with E-state index in [0.29, 0.717) is 16.7 Å². The number of carbonyl (C=O) groups is 2. The fraction of sp³-hybridized carbons (Fsp3) is 0.357. The highest BCUT2D eigenvalue weighted by Crippen LogP contribution is 2.17. The number of benzene rings is 1. The highest BCUT2D eigenvalue weighted by Gasteiger charge is 2.20. The van der Waals surface area contributed by atoms with Gasteiger partial charge in [0.05, 0.1) is 5.56 Å². The quantitative estimate of drug-likeness (QED) is 0.380. The number of carbonyl (C=O) groups excluding carboxylic acids is 2. The monoisotopic (exact) mass is 295 g/mol. The number of nitrogens with one attached hydrogen (secondary N) is 1. The van der Waals surface area contributed by atoms with Crippen molar-refractivity contribution >= 4 is 29.8 Å². The van der Waals surface area contributed by atoms with Crippen LogP contribution in [-0.2, 0) is 9.47 Å². The molecule has 0 heterocycles. The molecule has 0 spiro atoms. The van der Waals surface area contributed by atoms with Gasteiger partial charge in [-0.25, -0.2) is 9.59 Å². The molecule has 0 aliphatic heterocycles. The summed E-state index contributed by atoms with van der Waals surface area (Å²) in [5.41, 5.74) is 0.860. The summed E-state index contributed by atoms with van der Waals surface area (Å²) < 4.78 is 9.84. The van der Waals surface area contributed by atoms with E-state index in [4.69, 9.17) is 10.1 Å². The lowest BCUT2D eigenvalue weighted by atomic mass is 10.0. The Labute approximate surface area is 123 Å². The molecule has 6 heteroatoms. The van der Waals surface area contributed by atoms with E-state index in [-0.39, 0.29) is 5.90 Å². The molecule has 0 atom stereocenters. The molecule has 0 aliphatic rings. The molecular formula is C14H17NO4S. The van der Waals surface area contributed by atoms with E-state index in [9.17, 15) is 9.59 Å². The third-order valence-electron chi connectivity index (χ3n) is 2.30. The fourth-order valence-electron chi connectivity index (χ4n) is 1.51. The third-order valence-corrected chi connectivity index (χ3v) is 2.39. The summed E-state index contributed by atoms with van der Waals surface area (Å²) in [5, 5.41) is 6.71. The molecule has 0 amide bonds. The minimum absolute atomic E-state index is 0.316. The van der Waals surface area contributed by atoms with E-state index in [1.54, 1.807) is 39.8 Å². The molecule has 108 valence electrons. The van der Waals surface area contributed by atoms with Gasteiger partial charge in [-0.2, -0.15) is 0 Å². The first kappa shape index (κ1) is 16.2. The lowest BCUT2D eigenvalue weighted by Crippen LogP contribution is -2.24. The van der Waals surface area contributed by atoms with E-state index in [1.807, 2.05) is 0 Å². The van der Waals surface area contributed by atoms with Gasteiger partial charge >= 0.3 is 11.3 Å². The minimum Gasteiger partial charge on any atom is -0.456 e. The first-order chi connectivity index (χ1) is 9.10. The van der Waals surface area contributed by atoms with Gasteiger partial charge in [0.25, 0.3) is 0 Å². The van der Waals surface area contributed by atoms with Crippen molar-refractivity contribution in [1.29, 1.82) is 5.41 Å². The number of rotatable bonds is 2. The van der Waals surface area contributed by atoms with Gasteiger partial charge in [-0.3, -0.25) is 5.41 Å². The van der Waals surface area contributed by atoms with E-state index in [2.05, 4.69) is 17.4 Å². The van der Waals surface area contributed by atoms with E-state index < -0.39 is 16.9 Å². The summed E-state index contributed by atoms with van der Waals surface area (Å²) >= 11 is 3.44. The molecule has 0 unspecified atom stereocenters. The molecule has 0 radical (unpaired) electrons. The standard InChI is InChI=1S/C14H17NO4S/c1-8-7-9(11(15)18-13(17)20)5-6-10(8)12(16)19-14(2,3)4/h5-7,15H,1-4H3,(H,17,20). The summed E-state index contributed by atoms with van der Waals surface area (Å²) in [6.07, 6.45) is 0. The van der Waals surface area contributed by atoms with Crippen molar-refractivity contribution in [3.63, 3.8) is 0 Å². The predicted molar refractivity (Wildman–Crippen MR) is 78.6 cm³/mol. The van der Waals surface area contributed by atoms with Gasteiger partial charge in [0.15, 0.2) is 0 Å². The summed E-state index contributed by atoms with van der Waals surface area (Å²) in [6, 6.07) is 4.64. The molecule has 1 aromatic carbocycles. The van der Waals surface area contributed by atoms with Crippen LogP contribution in [0.4, 0.5) is 4.79 Å². The maximum Gasteiger partial charge on any atom is 0.370 e. The molecular weight excluding hydrogens is 278 g/mol. The summed E-state index contributed by atoms with van der Waals surface area (Å²) in [7, 11) is 0. The van der Waals surface area contributed by atoms with E-state index in [1.165, 1.54) is 6.07 Å². The van der Waals surface area contributed by atoms with Crippen molar-refractivity contribution in [2.24, 2.45) is 0 Å². The van der Waals surface area contributed by atoms with Crippen LogP contribution in [0.3, 0.4) is 0 Å². The lowest BCUT2D eigenvalue weighted by molar-refractivity contribution is 0.00687. The third kappa shape index (κ3) is 4.70. The molecule has 0 saturated heterocycles. The Morgan fingerprint density at radius 1 is 1.25 bits per heavy atom. The number of esters is 1. The molecule has 0 bridgehead atoms. The van der Waals surface area contributed by atoms with Crippen LogP contribution in [0, 0.1) is 12.3 Å². The zero-order valence-corrected chi connectivity index (χ0v) is 12.7. The molecule has 0 aromatic heterocycles. The molecule has 0 saturated carbocycles. The number of hydrogen-bond acceptors (Lipinski definition) is 5. The smallest absolute Gasteiger partial charge is 0.370 e. The summed E-state index contributed by atoms with van der Waals surface area (Å²) in [4.78, 5) is 22.6. The predicted octanol–water partition coefficient (Wildman–Crippen LogP) is 3.34. The van der Waals surface area contributed by atoms with Crippen molar-refractivity contribution in [2.45, 2.75) is 33.3 Å². The topological polar surface area (TPSA) is 76.5 Å². The van der Waals surface area contributed by atoms with Crippen LogP contribution in [0.2, 0.25) is 0 Å². The first-order valence-electron chi connectivity index (χ1n) is 5.94. The number of thiol groups is 1. The minimum atomic E-state index is -0.858. The highest BCUT2D eigenvalue weighted by molar-refractivity contribution is 7.96. The Kier molecular flexibility index (Phi) is 4.94. The van der Waals surface area contributed by atoms with Crippen LogP contribution in [0.15, 0.2) is 18.2 Å². The van der Waals surface area contributed by atoms with Crippen LogP contribution in [0.25, 0.3) is 0 Å². The normalized spacial score (nSPS) is 10.8. The first-order valence-corrected chi connectivity index (χ1v) is 6.38. The Bertz CT molecular complexity index is 561. The number of ether oxygens (including phenoxy) is 2. The van der Waals surface area contributed by atoms with E-state index in [0.717, 1.165) is 0 Å². The largest absolute Gasteiger partial charge is 0.456 e. The van der Waals surface area contributed by atoms with Crippen molar-refractivity contribution in [3.05, 3.63) is 34.9 Å². The Hall–Kier alpha value is -1.82. The molecule has 1 aromatic rings. The molecule has 0 fully saturated rings. The zero-order chi connectivity index (χ0) is 15.5. The fourth-order valence-corrected chi connectivity index (χ4v) is 1.60. The number of hydrogen-bond donors (Lipinski definition) is 2. The average molecular weight is 295 g/mol. The molecule has 1 N–H and O–H groups in total. The van der Waals surface area contributed by atoms with Gasteiger partial charge in [0, 0.05) is 5.56 Å². The molecule has 20 heavy (non-hydrogen) atoms. The van der Waals surface area contributed by atoms with Gasteiger partial charge in [0.1, 0.15) is 5.60 Å². The maximum atomic E-state index is 12.0. The zero-order valence-electron chi connectivity index (χ0n) is 11.8. The van der Waals surface area contributed by atoms with E-state index >= 15 is 0 Å². The van der Waals surface area contributed by atoms with Gasteiger partial charge in [-0.15, -0.1) is 0 Å². The molecule has 0 aliphatic carbocycles. The van der Waals surface area contributed by atoms with Crippen molar-refractivity contribution < 1.29 is 19.1 Å². The number of aryl methyl sites for hydroxylation is 1. The SMILES string of the molecule is Cc1cc(C(=N)OC(=O)S)ccc1C(=O)OC(C)(C)C.